The summed E-state index contributed by atoms with van der Waals surface area (Å²) in [7, 11) is 0. The molecule has 2 aromatic rings. The quantitative estimate of drug-likeness (QED) is 0.726. The van der Waals surface area contributed by atoms with E-state index in [1.807, 2.05) is 0 Å². The minimum absolute atomic E-state index is 1.13. The number of rotatable bonds is 3. The minimum Gasteiger partial charge on any atom is -0.0590 e. The first-order valence-electron chi connectivity index (χ1n) is 6.68. The van der Waals surface area contributed by atoms with E-state index >= 15 is 0 Å². The number of aryl methyl sites for hydroxylation is 6. The molecule has 0 aromatic heterocycles. The summed E-state index contributed by atoms with van der Waals surface area (Å²) in [4.78, 5) is 0. The monoisotopic (exact) mass is 238 g/mol. The Hall–Kier alpha value is -1.56. The third-order valence-electron chi connectivity index (χ3n) is 3.75. The van der Waals surface area contributed by atoms with Crippen molar-refractivity contribution in [3.8, 4) is 0 Å². The molecule has 0 spiro atoms. The average molecular weight is 238 g/mol. The van der Waals surface area contributed by atoms with Crippen LogP contribution in [0.4, 0.5) is 0 Å². The second kappa shape index (κ2) is 5.39. The fraction of sp³-hybridized carbons (Fsp3) is 0.333. The standard InChI is InChI=1S/C18H22/c1-13-5-9-18(16(4)11-13)10-8-17-7-6-14(2)15(3)12-17/h5-7,9,11-12H,8,10H2,1-4H3. The van der Waals surface area contributed by atoms with Crippen molar-refractivity contribution in [3.63, 3.8) is 0 Å². The predicted octanol–water partition coefficient (Wildman–Crippen LogP) is 4.71. The maximum absolute atomic E-state index is 2.32. The Morgan fingerprint density at radius 2 is 1.44 bits per heavy atom. The molecule has 0 unspecified atom stereocenters. The molecule has 0 heterocycles. The van der Waals surface area contributed by atoms with Gasteiger partial charge in [0.1, 0.15) is 0 Å². The largest absolute Gasteiger partial charge is 0.0590 e. The first-order valence-corrected chi connectivity index (χ1v) is 6.68. The van der Waals surface area contributed by atoms with Crippen LogP contribution in [0.25, 0.3) is 0 Å². The molecule has 0 fully saturated rings. The molecule has 0 atom stereocenters. The first kappa shape index (κ1) is 12.9. The van der Waals surface area contributed by atoms with Gasteiger partial charge in [0.15, 0.2) is 0 Å². The highest BCUT2D eigenvalue weighted by Gasteiger charge is 2.01. The molecule has 2 aromatic carbocycles. The summed E-state index contributed by atoms with van der Waals surface area (Å²) < 4.78 is 0. The van der Waals surface area contributed by atoms with Gasteiger partial charge in [0.05, 0.1) is 0 Å². The van der Waals surface area contributed by atoms with Crippen molar-refractivity contribution in [1.82, 2.24) is 0 Å². The van der Waals surface area contributed by atoms with Gasteiger partial charge in [-0.1, -0.05) is 42.0 Å². The first-order chi connectivity index (χ1) is 8.56. The van der Waals surface area contributed by atoms with Crippen LogP contribution in [0, 0.1) is 27.7 Å². The van der Waals surface area contributed by atoms with E-state index in [0.29, 0.717) is 0 Å². The molecule has 0 radical (unpaired) electrons. The summed E-state index contributed by atoms with van der Waals surface area (Å²) in [5, 5.41) is 0. The molecule has 0 N–H and O–H groups in total. The van der Waals surface area contributed by atoms with Gasteiger partial charge in [0.2, 0.25) is 0 Å². The Labute approximate surface area is 111 Å². The summed E-state index contributed by atoms with van der Waals surface area (Å²) >= 11 is 0. The summed E-state index contributed by atoms with van der Waals surface area (Å²) in [6, 6.07) is 13.6. The molecule has 94 valence electrons. The van der Waals surface area contributed by atoms with Crippen LogP contribution in [0.3, 0.4) is 0 Å². The zero-order valence-electron chi connectivity index (χ0n) is 11.9. The Bertz CT molecular complexity index is 550. The van der Waals surface area contributed by atoms with E-state index < -0.39 is 0 Å². The molecule has 0 bridgehead atoms. The molecule has 0 aliphatic heterocycles. The van der Waals surface area contributed by atoms with E-state index in [1.54, 1.807) is 0 Å². The van der Waals surface area contributed by atoms with Crippen molar-refractivity contribution in [1.29, 1.82) is 0 Å². The predicted molar refractivity (Wildman–Crippen MR) is 79.2 cm³/mol. The van der Waals surface area contributed by atoms with Crippen LogP contribution in [0.15, 0.2) is 36.4 Å². The Balaban J connectivity index is 2.09. The molecular formula is C18H22. The fourth-order valence-corrected chi connectivity index (χ4v) is 2.36. The molecule has 2 rings (SSSR count). The molecule has 0 nitrogen and oxygen atoms in total. The van der Waals surface area contributed by atoms with Crippen LogP contribution in [-0.2, 0) is 12.8 Å². The zero-order valence-corrected chi connectivity index (χ0v) is 11.9. The van der Waals surface area contributed by atoms with Gasteiger partial charge in [-0.2, -0.15) is 0 Å². The maximum atomic E-state index is 2.32. The van der Waals surface area contributed by atoms with E-state index in [2.05, 4.69) is 64.1 Å². The lowest BCUT2D eigenvalue weighted by atomic mass is 9.97. The highest BCUT2D eigenvalue weighted by Crippen LogP contribution is 2.15. The Morgan fingerprint density at radius 1 is 0.667 bits per heavy atom. The zero-order chi connectivity index (χ0) is 13.1. The Kier molecular flexibility index (Phi) is 3.86. The second-order valence-electron chi connectivity index (χ2n) is 5.35. The van der Waals surface area contributed by atoms with Gasteiger partial charge >= 0.3 is 0 Å². The van der Waals surface area contributed by atoms with Crippen LogP contribution in [0.2, 0.25) is 0 Å². The van der Waals surface area contributed by atoms with Gasteiger partial charge in [0, 0.05) is 0 Å². The third-order valence-corrected chi connectivity index (χ3v) is 3.75. The van der Waals surface area contributed by atoms with Crippen molar-refractivity contribution in [2.24, 2.45) is 0 Å². The molecule has 0 aliphatic carbocycles. The van der Waals surface area contributed by atoms with E-state index in [1.165, 1.54) is 33.4 Å². The lowest BCUT2D eigenvalue weighted by Crippen LogP contribution is -1.95. The smallest absolute Gasteiger partial charge is 0.0236 e. The van der Waals surface area contributed by atoms with Crippen molar-refractivity contribution < 1.29 is 0 Å². The van der Waals surface area contributed by atoms with Gasteiger partial charge in [0.25, 0.3) is 0 Å². The SMILES string of the molecule is Cc1ccc(CCc2ccc(C)c(C)c2)c(C)c1. The molecule has 0 saturated heterocycles. The lowest BCUT2D eigenvalue weighted by molar-refractivity contribution is 0.944. The van der Waals surface area contributed by atoms with Crippen LogP contribution < -0.4 is 0 Å². The van der Waals surface area contributed by atoms with E-state index in [-0.39, 0.29) is 0 Å². The molecule has 0 aliphatic rings. The summed E-state index contributed by atoms with van der Waals surface area (Å²) in [5.74, 6) is 0. The van der Waals surface area contributed by atoms with Gasteiger partial charge in [-0.3, -0.25) is 0 Å². The van der Waals surface area contributed by atoms with Crippen LogP contribution in [0.1, 0.15) is 33.4 Å². The highest BCUT2D eigenvalue weighted by atomic mass is 14.1. The summed E-state index contributed by atoms with van der Waals surface area (Å²) in [6.07, 6.45) is 2.26. The van der Waals surface area contributed by atoms with E-state index in [4.69, 9.17) is 0 Å². The van der Waals surface area contributed by atoms with E-state index in [9.17, 15) is 0 Å². The normalized spacial score (nSPS) is 10.7. The second-order valence-corrected chi connectivity index (χ2v) is 5.35. The van der Waals surface area contributed by atoms with Gasteiger partial charge in [-0.25, -0.2) is 0 Å². The highest BCUT2D eigenvalue weighted by molar-refractivity contribution is 5.33. The maximum Gasteiger partial charge on any atom is -0.0236 e. The van der Waals surface area contributed by atoms with Gasteiger partial charge in [-0.15, -0.1) is 0 Å². The van der Waals surface area contributed by atoms with Crippen LogP contribution >= 0.6 is 0 Å². The van der Waals surface area contributed by atoms with Crippen molar-refractivity contribution in [2.75, 3.05) is 0 Å². The van der Waals surface area contributed by atoms with Crippen LogP contribution in [0.5, 0.6) is 0 Å². The minimum atomic E-state index is 1.13. The number of benzene rings is 2. The van der Waals surface area contributed by atoms with Crippen molar-refractivity contribution in [2.45, 2.75) is 40.5 Å². The fourth-order valence-electron chi connectivity index (χ4n) is 2.36. The summed E-state index contributed by atoms with van der Waals surface area (Å²) in [6.45, 7) is 8.72. The topological polar surface area (TPSA) is 0 Å². The number of hydrogen-bond donors (Lipinski definition) is 0. The van der Waals surface area contributed by atoms with Gasteiger partial charge in [-0.05, 0) is 68.4 Å². The van der Waals surface area contributed by atoms with Crippen molar-refractivity contribution >= 4 is 0 Å². The number of hydrogen-bond acceptors (Lipinski definition) is 0. The van der Waals surface area contributed by atoms with E-state index in [0.717, 1.165) is 12.8 Å². The molecular weight excluding hydrogens is 216 g/mol. The Morgan fingerprint density at radius 3 is 2.11 bits per heavy atom. The lowest BCUT2D eigenvalue weighted by Gasteiger charge is -2.08. The third kappa shape index (κ3) is 3.01. The molecule has 18 heavy (non-hydrogen) atoms. The van der Waals surface area contributed by atoms with Crippen molar-refractivity contribution in [3.05, 3.63) is 69.8 Å². The molecule has 0 heteroatoms. The molecule has 0 saturated carbocycles. The summed E-state index contributed by atoms with van der Waals surface area (Å²) in [5.41, 5.74) is 8.46. The molecule has 0 amide bonds. The average Bonchev–Trinajstić information content (AvgIpc) is 2.32. The van der Waals surface area contributed by atoms with Gasteiger partial charge < -0.3 is 0 Å². The van der Waals surface area contributed by atoms with Crippen LogP contribution in [-0.4, -0.2) is 0 Å².